The summed E-state index contributed by atoms with van der Waals surface area (Å²) in [4.78, 5) is 0. The van der Waals surface area contributed by atoms with Crippen molar-refractivity contribution in [3.8, 4) is 0 Å². The van der Waals surface area contributed by atoms with Crippen molar-refractivity contribution in [2.45, 2.75) is 19.4 Å². The molecule has 0 unspecified atom stereocenters. The van der Waals surface area contributed by atoms with E-state index < -0.39 is 0 Å². The van der Waals surface area contributed by atoms with E-state index in [2.05, 4.69) is 20.3 Å². The van der Waals surface area contributed by atoms with Gasteiger partial charge in [-0.15, -0.1) is 0 Å². The number of hydrogen-bond acceptors (Lipinski definition) is 1. The standard InChI is InChI=1S/C5H9O/c1-5(2)3-4-6-5/h3H,4H2,1-2H3. The van der Waals surface area contributed by atoms with E-state index in [-0.39, 0.29) is 5.60 Å². The SMILES string of the molecule is CC1(C)[CH]CO1. The Morgan fingerprint density at radius 3 is 2.00 bits per heavy atom. The third-order valence-corrected chi connectivity index (χ3v) is 1.03. The monoisotopic (exact) mass is 85.1 g/mol. The van der Waals surface area contributed by atoms with Crippen LogP contribution < -0.4 is 0 Å². The van der Waals surface area contributed by atoms with Gasteiger partial charge in [0.15, 0.2) is 0 Å². The number of hydrogen-bond donors (Lipinski definition) is 0. The first kappa shape index (κ1) is 4.13. The largest absolute Gasteiger partial charge is 0.375 e. The highest BCUT2D eigenvalue weighted by Gasteiger charge is 2.26. The molecule has 0 spiro atoms. The third kappa shape index (κ3) is 0.548. The van der Waals surface area contributed by atoms with Crippen LogP contribution in [0.15, 0.2) is 0 Å². The van der Waals surface area contributed by atoms with Crippen molar-refractivity contribution in [2.75, 3.05) is 6.61 Å². The van der Waals surface area contributed by atoms with Gasteiger partial charge in [0.1, 0.15) is 0 Å². The Balaban J connectivity index is 2.31. The van der Waals surface area contributed by atoms with Crippen LogP contribution in [0.2, 0.25) is 0 Å². The van der Waals surface area contributed by atoms with Gasteiger partial charge >= 0.3 is 0 Å². The van der Waals surface area contributed by atoms with Crippen molar-refractivity contribution in [3.63, 3.8) is 0 Å². The highest BCUT2D eigenvalue weighted by molar-refractivity contribution is 4.94. The van der Waals surface area contributed by atoms with Crippen molar-refractivity contribution < 1.29 is 4.74 Å². The molecule has 0 bridgehead atoms. The van der Waals surface area contributed by atoms with Gasteiger partial charge in [0, 0.05) is 6.42 Å². The van der Waals surface area contributed by atoms with Gasteiger partial charge in [-0.05, 0) is 13.8 Å². The number of rotatable bonds is 0. The lowest BCUT2D eigenvalue weighted by molar-refractivity contribution is -0.0612. The molecule has 0 atom stereocenters. The van der Waals surface area contributed by atoms with E-state index in [1.165, 1.54) is 0 Å². The summed E-state index contributed by atoms with van der Waals surface area (Å²) in [7, 11) is 0. The Morgan fingerprint density at radius 2 is 2.00 bits per heavy atom. The third-order valence-electron chi connectivity index (χ3n) is 1.03. The van der Waals surface area contributed by atoms with Crippen molar-refractivity contribution in [1.29, 1.82) is 0 Å². The molecule has 1 aliphatic heterocycles. The average molecular weight is 85.1 g/mol. The van der Waals surface area contributed by atoms with E-state index in [0.29, 0.717) is 0 Å². The van der Waals surface area contributed by atoms with Gasteiger partial charge < -0.3 is 4.74 Å². The second-order valence-electron chi connectivity index (χ2n) is 2.12. The first-order valence-electron chi connectivity index (χ1n) is 2.19. The molecule has 0 aromatic rings. The summed E-state index contributed by atoms with van der Waals surface area (Å²) < 4.78 is 5.06. The quantitative estimate of drug-likeness (QED) is 0.426. The zero-order valence-corrected chi connectivity index (χ0v) is 4.19. The minimum atomic E-state index is 0.0972. The molecular formula is C5H9O. The molecule has 1 fully saturated rings. The molecule has 0 aromatic carbocycles. The zero-order valence-electron chi connectivity index (χ0n) is 4.19. The molecule has 1 nitrogen and oxygen atoms in total. The van der Waals surface area contributed by atoms with E-state index in [0.717, 1.165) is 6.61 Å². The van der Waals surface area contributed by atoms with Gasteiger partial charge in [-0.2, -0.15) is 0 Å². The normalized spacial score (nSPS) is 29.0. The van der Waals surface area contributed by atoms with Gasteiger partial charge in [0.25, 0.3) is 0 Å². The fourth-order valence-corrected chi connectivity index (χ4v) is 0.417. The summed E-state index contributed by atoms with van der Waals surface area (Å²) in [5.74, 6) is 0. The lowest BCUT2D eigenvalue weighted by Crippen LogP contribution is -2.37. The van der Waals surface area contributed by atoms with Gasteiger partial charge in [-0.25, -0.2) is 0 Å². The van der Waals surface area contributed by atoms with Crippen molar-refractivity contribution >= 4 is 0 Å². The van der Waals surface area contributed by atoms with Crippen LogP contribution >= 0.6 is 0 Å². The Bertz CT molecular complexity index is 51.0. The molecule has 1 rings (SSSR count). The van der Waals surface area contributed by atoms with Crippen LogP contribution in [0.5, 0.6) is 0 Å². The molecular weight excluding hydrogens is 76.1 g/mol. The summed E-state index contributed by atoms with van der Waals surface area (Å²) in [6.07, 6.45) is 2.15. The Kier molecular flexibility index (Phi) is 0.667. The summed E-state index contributed by atoms with van der Waals surface area (Å²) in [6, 6.07) is 0. The molecule has 1 aliphatic rings. The summed E-state index contributed by atoms with van der Waals surface area (Å²) >= 11 is 0. The van der Waals surface area contributed by atoms with Crippen LogP contribution in [-0.2, 0) is 4.74 Å². The molecule has 1 heterocycles. The first-order valence-corrected chi connectivity index (χ1v) is 2.19. The summed E-state index contributed by atoms with van der Waals surface area (Å²) in [6.45, 7) is 4.94. The minimum Gasteiger partial charge on any atom is -0.375 e. The fraction of sp³-hybridized carbons (Fsp3) is 0.800. The van der Waals surface area contributed by atoms with Crippen molar-refractivity contribution in [3.05, 3.63) is 6.42 Å². The van der Waals surface area contributed by atoms with E-state index in [9.17, 15) is 0 Å². The zero-order chi connectivity index (χ0) is 4.62. The minimum absolute atomic E-state index is 0.0972. The van der Waals surface area contributed by atoms with Crippen LogP contribution in [0.4, 0.5) is 0 Å². The smallest absolute Gasteiger partial charge is 0.0681 e. The maximum atomic E-state index is 5.06. The molecule has 0 amide bonds. The van der Waals surface area contributed by atoms with E-state index >= 15 is 0 Å². The highest BCUT2D eigenvalue weighted by atomic mass is 16.5. The predicted molar refractivity (Wildman–Crippen MR) is 24.3 cm³/mol. The number of ether oxygens (including phenoxy) is 1. The summed E-state index contributed by atoms with van der Waals surface area (Å²) in [5.41, 5.74) is 0.0972. The van der Waals surface area contributed by atoms with Crippen LogP contribution in [0.3, 0.4) is 0 Å². The molecule has 35 valence electrons. The van der Waals surface area contributed by atoms with Crippen molar-refractivity contribution in [1.82, 2.24) is 0 Å². The Morgan fingerprint density at radius 1 is 1.67 bits per heavy atom. The maximum absolute atomic E-state index is 5.06. The second-order valence-corrected chi connectivity index (χ2v) is 2.12. The molecule has 1 radical (unpaired) electrons. The Hall–Kier alpha value is -0.0400. The molecule has 0 saturated carbocycles. The average Bonchev–Trinajstić information content (AvgIpc) is 1.32. The van der Waals surface area contributed by atoms with Crippen LogP contribution in [0, 0.1) is 6.42 Å². The molecule has 0 aromatic heterocycles. The van der Waals surface area contributed by atoms with E-state index in [1.807, 2.05) is 0 Å². The maximum Gasteiger partial charge on any atom is 0.0681 e. The van der Waals surface area contributed by atoms with E-state index in [1.54, 1.807) is 0 Å². The second kappa shape index (κ2) is 0.969. The fourth-order valence-electron chi connectivity index (χ4n) is 0.417. The molecule has 0 aliphatic carbocycles. The highest BCUT2D eigenvalue weighted by Crippen LogP contribution is 2.22. The molecule has 1 heteroatoms. The molecule has 1 saturated heterocycles. The Labute approximate surface area is 38.3 Å². The van der Waals surface area contributed by atoms with Gasteiger partial charge in [0.2, 0.25) is 0 Å². The van der Waals surface area contributed by atoms with Gasteiger partial charge in [-0.3, -0.25) is 0 Å². The topological polar surface area (TPSA) is 9.23 Å². The molecule has 0 N–H and O–H groups in total. The van der Waals surface area contributed by atoms with E-state index in [4.69, 9.17) is 4.74 Å². The first-order chi connectivity index (χ1) is 2.71. The van der Waals surface area contributed by atoms with Crippen molar-refractivity contribution in [2.24, 2.45) is 0 Å². The lowest BCUT2D eigenvalue weighted by atomic mass is 10.0. The predicted octanol–water partition coefficient (Wildman–Crippen LogP) is 0.999. The van der Waals surface area contributed by atoms with Gasteiger partial charge in [-0.1, -0.05) is 0 Å². The summed E-state index contributed by atoms with van der Waals surface area (Å²) in [5, 5.41) is 0. The lowest BCUT2D eigenvalue weighted by Gasteiger charge is -2.33. The van der Waals surface area contributed by atoms with Crippen LogP contribution in [-0.4, -0.2) is 12.2 Å². The molecule has 6 heavy (non-hydrogen) atoms. The van der Waals surface area contributed by atoms with Gasteiger partial charge in [0.05, 0.1) is 12.2 Å². The van der Waals surface area contributed by atoms with Crippen LogP contribution in [0.25, 0.3) is 0 Å². The van der Waals surface area contributed by atoms with Crippen LogP contribution in [0.1, 0.15) is 13.8 Å².